The van der Waals surface area contributed by atoms with E-state index in [1.54, 1.807) is 17.4 Å². The van der Waals surface area contributed by atoms with E-state index in [-0.39, 0.29) is 12.1 Å². The first kappa shape index (κ1) is 14.2. The predicted octanol–water partition coefficient (Wildman–Crippen LogP) is 4.75. The van der Waals surface area contributed by atoms with Crippen molar-refractivity contribution in [3.8, 4) is 0 Å². The molecule has 0 radical (unpaired) electrons. The molecule has 4 heteroatoms. The molecule has 0 aliphatic carbocycles. The fourth-order valence-corrected chi connectivity index (χ4v) is 2.98. The Kier molecular flexibility index (Phi) is 4.32. The quantitative estimate of drug-likeness (QED) is 0.853. The molecular formula is C15H17F2NS. The normalized spacial score (nSPS) is 14.4. The zero-order valence-electron chi connectivity index (χ0n) is 11.2. The minimum absolute atomic E-state index is 0.108. The molecule has 0 saturated carbocycles. The van der Waals surface area contributed by atoms with Gasteiger partial charge >= 0.3 is 0 Å². The van der Waals surface area contributed by atoms with Gasteiger partial charge in [0, 0.05) is 27.4 Å². The lowest BCUT2D eigenvalue weighted by molar-refractivity contribution is 0.451. The highest BCUT2D eigenvalue weighted by Crippen LogP contribution is 2.26. The number of benzene rings is 1. The van der Waals surface area contributed by atoms with E-state index in [1.807, 2.05) is 13.8 Å². The molecule has 102 valence electrons. The lowest BCUT2D eigenvalue weighted by Crippen LogP contribution is -2.22. The number of hydrogen-bond acceptors (Lipinski definition) is 2. The minimum atomic E-state index is -0.800. The van der Waals surface area contributed by atoms with Crippen molar-refractivity contribution in [2.24, 2.45) is 0 Å². The second-order valence-corrected chi connectivity index (χ2v) is 6.02. The summed E-state index contributed by atoms with van der Waals surface area (Å²) in [4.78, 5) is 2.44. The zero-order chi connectivity index (χ0) is 14.0. The van der Waals surface area contributed by atoms with E-state index in [4.69, 9.17) is 0 Å². The topological polar surface area (TPSA) is 12.0 Å². The number of nitrogens with one attached hydrogen (secondary N) is 1. The molecule has 19 heavy (non-hydrogen) atoms. The van der Waals surface area contributed by atoms with Crippen molar-refractivity contribution in [1.82, 2.24) is 5.32 Å². The molecule has 0 aliphatic rings. The molecule has 2 rings (SSSR count). The molecular weight excluding hydrogens is 264 g/mol. The smallest absolute Gasteiger partial charge is 0.163 e. The first-order chi connectivity index (χ1) is 8.99. The summed E-state index contributed by atoms with van der Waals surface area (Å²) in [6, 6.07) is 8.27. The Balaban J connectivity index is 2.12. The van der Waals surface area contributed by atoms with Crippen LogP contribution in [0.2, 0.25) is 0 Å². The molecule has 0 bridgehead atoms. The summed E-state index contributed by atoms with van der Waals surface area (Å²) in [7, 11) is 0. The summed E-state index contributed by atoms with van der Waals surface area (Å²) in [6.07, 6.45) is 0. The summed E-state index contributed by atoms with van der Waals surface area (Å²) >= 11 is 1.71. The van der Waals surface area contributed by atoms with Crippen LogP contribution in [0.3, 0.4) is 0 Å². The van der Waals surface area contributed by atoms with Crippen molar-refractivity contribution in [2.45, 2.75) is 32.9 Å². The molecule has 2 atom stereocenters. The number of halogens is 2. The number of hydrogen-bond donors (Lipinski definition) is 1. The summed E-state index contributed by atoms with van der Waals surface area (Å²) in [6.45, 7) is 5.92. The van der Waals surface area contributed by atoms with Crippen LogP contribution in [0.4, 0.5) is 8.78 Å². The van der Waals surface area contributed by atoms with E-state index >= 15 is 0 Å². The van der Waals surface area contributed by atoms with Crippen LogP contribution in [0.25, 0.3) is 0 Å². The molecule has 0 aliphatic heterocycles. The fraction of sp³-hybridized carbons (Fsp3) is 0.333. The lowest BCUT2D eigenvalue weighted by atomic mass is 10.1. The van der Waals surface area contributed by atoms with E-state index in [9.17, 15) is 8.78 Å². The molecule has 0 fully saturated rings. The Morgan fingerprint density at radius 3 is 2.42 bits per heavy atom. The standard InChI is InChI=1S/C15H17F2NS/c1-9-7-8-14(19-9)11(3)18-10(2)12-5-4-6-13(16)15(12)17/h4-8,10-11,18H,1-3H3. The van der Waals surface area contributed by atoms with Crippen LogP contribution in [-0.4, -0.2) is 0 Å². The second-order valence-electron chi connectivity index (χ2n) is 4.70. The van der Waals surface area contributed by atoms with Crippen molar-refractivity contribution < 1.29 is 8.78 Å². The van der Waals surface area contributed by atoms with Gasteiger partial charge in [0.1, 0.15) is 0 Å². The van der Waals surface area contributed by atoms with Gasteiger partial charge in [0.2, 0.25) is 0 Å². The SMILES string of the molecule is Cc1ccc(C(C)NC(C)c2cccc(F)c2F)s1. The minimum Gasteiger partial charge on any atom is -0.303 e. The fourth-order valence-electron chi connectivity index (χ4n) is 2.09. The number of rotatable bonds is 4. The molecule has 2 aromatic rings. The maximum Gasteiger partial charge on any atom is 0.163 e. The number of aryl methyl sites for hydroxylation is 1. The first-order valence-electron chi connectivity index (χ1n) is 6.25. The largest absolute Gasteiger partial charge is 0.303 e. The van der Waals surface area contributed by atoms with Crippen LogP contribution in [0.1, 0.15) is 41.2 Å². The molecule has 1 N–H and O–H groups in total. The van der Waals surface area contributed by atoms with Gasteiger partial charge in [-0.05, 0) is 39.0 Å². The van der Waals surface area contributed by atoms with Gasteiger partial charge in [0.15, 0.2) is 11.6 Å². The van der Waals surface area contributed by atoms with Crippen LogP contribution in [-0.2, 0) is 0 Å². The Labute approximate surface area is 116 Å². The van der Waals surface area contributed by atoms with Crippen LogP contribution >= 0.6 is 11.3 Å². The van der Waals surface area contributed by atoms with Crippen molar-refractivity contribution in [2.75, 3.05) is 0 Å². The van der Waals surface area contributed by atoms with E-state index in [2.05, 4.69) is 24.4 Å². The average molecular weight is 281 g/mol. The van der Waals surface area contributed by atoms with E-state index in [0.29, 0.717) is 5.56 Å². The molecule has 0 spiro atoms. The van der Waals surface area contributed by atoms with Crippen molar-refractivity contribution >= 4 is 11.3 Å². The second kappa shape index (κ2) is 5.80. The summed E-state index contributed by atoms with van der Waals surface area (Å²) in [5.74, 6) is -1.57. The zero-order valence-corrected chi connectivity index (χ0v) is 12.0. The van der Waals surface area contributed by atoms with Gasteiger partial charge in [-0.1, -0.05) is 12.1 Å². The Morgan fingerprint density at radius 1 is 1.05 bits per heavy atom. The maximum atomic E-state index is 13.7. The van der Waals surface area contributed by atoms with E-state index < -0.39 is 11.6 Å². The molecule has 1 nitrogen and oxygen atoms in total. The third-order valence-electron chi connectivity index (χ3n) is 3.14. The molecule has 1 aromatic heterocycles. The molecule has 2 unspecified atom stereocenters. The monoisotopic (exact) mass is 281 g/mol. The lowest BCUT2D eigenvalue weighted by Gasteiger charge is -2.20. The summed E-state index contributed by atoms with van der Waals surface area (Å²) in [5.41, 5.74) is 0.361. The van der Waals surface area contributed by atoms with E-state index in [1.165, 1.54) is 15.8 Å². The Morgan fingerprint density at radius 2 is 1.79 bits per heavy atom. The number of thiophene rings is 1. The predicted molar refractivity (Wildman–Crippen MR) is 75.4 cm³/mol. The highest BCUT2D eigenvalue weighted by molar-refractivity contribution is 7.12. The van der Waals surface area contributed by atoms with Crippen LogP contribution in [0.5, 0.6) is 0 Å². The van der Waals surface area contributed by atoms with Crippen LogP contribution < -0.4 is 5.32 Å². The van der Waals surface area contributed by atoms with Gasteiger partial charge in [0.25, 0.3) is 0 Å². The van der Waals surface area contributed by atoms with Crippen LogP contribution in [0.15, 0.2) is 30.3 Å². The third kappa shape index (κ3) is 3.19. The van der Waals surface area contributed by atoms with Gasteiger partial charge in [-0.3, -0.25) is 0 Å². The average Bonchev–Trinajstić information content (AvgIpc) is 2.79. The van der Waals surface area contributed by atoms with Gasteiger partial charge in [-0.25, -0.2) is 8.78 Å². The maximum absolute atomic E-state index is 13.7. The van der Waals surface area contributed by atoms with Crippen molar-refractivity contribution in [3.63, 3.8) is 0 Å². The molecule has 0 amide bonds. The van der Waals surface area contributed by atoms with E-state index in [0.717, 1.165) is 6.07 Å². The molecule has 1 heterocycles. The summed E-state index contributed by atoms with van der Waals surface area (Å²) < 4.78 is 26.9. The van der Waals surface area contributed by atoms with Gasteiger partial charge in [-0.15, -0.1) is 11.3 Å². The van der Waals surface area contributed by atoms with Crippen LogP contribution in [0, 0.1) is 18.6 Å². The van der Waals surface area contributed by atoms with Crippen molar-refractivity contribution in [3.05, 3.63) is 57.3 Å². The highest BCUT2D eigenvalue weighted by atomic mass is 32.1. The third-order valence-corrected chi connectivity index (χ3v) is 4.32. The molecule has 0 saturated heterocycles. The van der Waals surface area contributed by atoms with Gasteiger partial charge < -0.3 is 5.32 Å². The Bertz CT molecular complexity index is 565. The first-order valence-corrected chi connectivity index (χ1v) is 7.07. The highest BCUT2D eigenvalue weighted by Gasteiger charge is 2.17. The Hall–Kier alpha value is -1.26. The van der Waals surface area contributed by atoms with Gasteiger partial charge in [-0.2, -0.15) is 0 Å². The summed E-state index contributed by atoms with van der Waals surface area (Å²) in [5, 5.41) is 3.30. The van der Waals surface area contributed by atoms with Crippen molar-refractivity contribution in [1.29, 1.82) is 0 Å². The van der Waals surface area contributed by atoms with Gasteiger partial charge in [0.05, 0.1) is 0 Å². The molecule has 1 aromatic carbocycles.